The summed E-state index contributed by atoms with van der Waals surface area (Å²) in [6, 6.07) is 0. The van der Waals surface area contributed by atoms with Crippen molar-refractivity contribution in [2.24, 2.45) is 5.41 Å². The normalized spacial score (nSPS) is 24.5. The Bertz CT molecular complexity index is 559. The summed E-state index contributed by atoms with van der Waals surface area (Å²) >= 11 is 1.28. The first-order valence-corrected chi connectivity index (χ1v) is 7.72. The molecule has 2 heterocycles. The Balaban J connectivity index is 1.76. The average molecular weight is 294 g/mol. The highest BCUT2D eigenvalue weighted by atomic mass is 32.1. The lowest BCUT2D eigenvalue weighted by Gasteiger charge is -2.26. The van der Waals surface area contributed by atoms with Gasteiger partial charge in [-0.05, 0) is 24.7 Å². The summed E-state index contributed by atoms with van der Waals surface area (Å²) in [5.74, 6) is -0.0216. The lowest BCUT2D eigenvalue weighted by molar-refractivity contribution is -0.124. The molecule has 1 atom stereocenters. The van der Waals surface area contributed by atoms with Crippen LogP contribution in [0.4, 0.5) is 5.13 Å². The third-order valence-corrected chi connectivity index (χ3v) is 4.74. The second kappa shape index (κ2) is 4.93. The second-order valence-electron chi connectivity index (χ2n) is 6.23. The Hall–Kier alpha value is -1.27. The molecule has 1 fully saturated rings. The second-order valence-corrected chi connectivity index (χ2v) is 7.23. The van der Waals surface area contributed by atoms with Crippen LogP contribution in [0.5, 0.6) is 0 Å². The van der Waals surface area contributed by atoms with Crippen molar-refractivity contribution < 1.29 is 14.3 Å². The molecular formula is C14H18N2O3S. The summed E-state index contributed by atoms with van der Waals surface area (Å²) in [6.45, 7) is 4.77. The predicted octanol–water partition coefficient (Wildman–Crippen LogP) is 2.42. The van der Waals surface area contributed by atoms with Gasteiger partial charge in [-0.1, -0.05) is 25.2 Å². The van der Waals surface area contributed by atoms with Crippen molar-refractivity contribution in [2.75, 3.05) is 11.9 Å². The number of ether oxygens (including phenoxy) is 1. The van der Waals surface area contributed by atoms with E-state index in [1.807, 2.05) is 0 Å². The van der Waals surface area contributed by atoms with Crippen LogP contribution in [0.15, 0.2) is 0 Å². The van der Waals surface area contributed by atoms with Crippen molar-refractivity contribution >= 4 is 28.2 Å². The van der Waals surface area contributed by atoms with E-state index in [0.29, 0.717) is 23.0 Å². The lowest BCUT2D eigenvalue weighted by Crippen LogP contribution is -2.27. The number of ketones is 1. The van der Waals surface area contributed by atoms with Crippen molar-refractivity contribution in [1.82, 2.24) is 4.98 Å². The van der Waals surface area contributed by atoms with Crippen LogP contribution in [0.2, 0.25) is 0 Å². The Morgan fingerprint density at radius 3 is 2.95 bits per heavy atom. The Labute approximate surface area is 121 Å². The minimum atomic E-state index is -0.372. The van der Waals surface area contributed by atoms with E-state index in [0.717, 1.165) is 25.0 Å². The van der Waals surface area contributed by atoms with E-state index in [1.54, 1.807) is 0 Å². The fourth-order valence-corrected chi connectivity index (χ4v) is 3.67. The number of anilines is 1. The van der Waals surface area contributed by atoms with E-state index in [-0.39, 0.29) is 23.2 Å². The van der Waals surface area contributed by atoms with Gasteiger partial charge in [-0.15, -0.1) is 0 Å². The van der Waals surface area contributed by atoms with Gasteiger partial charge in [0.15, 0.2) is 10.9 Å². The number of hydrogen-bond acceptors (Lipinski definition) is 5. The Kier molecular flexibility index (Phi) is 3.38. The van der Waals surface area contributed by atoms with E-state index in [4.69, 9.17) is 4.74 Å². The molecule has 20 heavy (non-hydrogen) atoms. The summed E-state index contributed by atoms with van der Waals surface area (Å²) in [5, 5.41) is 3.30. The first kappa shape index (κ1) is 13.7. The maximum absolute atomic E-state index is 12.1. The number of hydrogen-bond donors (Lipinski definition) is 1. The molecule has 0 radical (unpaired) electrons. The maximum atomic E-state index is 12.1. The third kappa shape index (κ3) is 2.62. The van der Waals surface area contributed by atoms with Gasteiger partial charge >= 0.3 is 0 Å². The summed E-state index contributed by atoms with van der Waals surface area (Å²) < 4.78 is 5.34. The van der Waals surface area contributed by atoms with E-state index in [9.17, 15) is 9.59 Å². The zero-order valence-electron chi connectivity index (χ0n) is 11.7. The number of rotatable bonds is 2. The standard InChI is InChI=1S/C14H18N2O3S/c1-14(2)6-8-11(9(17)7-14)20-13(15-8)16-12(18)10-4-3-5-19-10/h10H,3-7H2,1-2H3,(H,15,16,18)/t10-/m1/s1. The van der Waals surface area contributed by atoms with Crippen LogP contribution < -0.4 is 5.32 Å². The molecule has 0 saturated carbocycles. The van der Waals surface area contributed by atoms with Crippen molar-refractivity contribution in [3.63, 3.8) is 0 Å². The van der Waals surface area contributed by atoms with Gasteiger partial charge < -0.3 is 4.74 Å². The van der Waals surface area contributed by atoms with Crippen molar-refractivity contribution in [2.45, 2.75) is 45.6 Å². The molecule has 1 N–H and O–H groups in total. The zero-order chi connectivity index (χ0) is 14.3. The van der Waals surface area contributed by atoms with E-state index < -0.39 is 0 Å². The number of nitrogens with one attached hydrogen (secondary N) is 1. The van der Waals surface area contributed by atoms with Gasteiger partial charge in [-0.3, -0.25) is 14.9 Å². The number of thiazole rings is 1. The van der Waals surface area contributed by atoms with Crippen LogP contribution >= 0.6 is 11.3 Å². The van der Waals surface area contributed by atoms with Gasteiger partial charge in [0.2, 0.25) is 0 Å². The molecule has 3 rings (SSSR count). The van der Waals surface area contributed by atoms with Gasteiger partial charge in [0, 0.05) is 13.0 Å². The molecule has 1 aromatic heterocycles. The highest BCUT2D eigenvalue weighted by Crippen LogP contribution is 2.38. The van der Waals surface area contributed by atoms with Crippen LogP contribution in [0.1, 0.15) is 48.5 Å². The Morgan fingerprint density at radius 2 is 2.25 bits per heavy atom. The minimum absolute atomic E-state index is 0.0476. The molecule has 108 valence electrons. The molecule has 1 amide bonds. The molecule has 5 nitrogen and oxygen atoms in total. The number of amides is 1. The number of nitrogens with zero attached hydrogens (tertiary/aromatic N) is 1. The highest BCUT2D eigenvalue weighted by Gasteiger charge is 2.34. The summed E-state index contributed by atoms with van der Waals surface area (Å²) in [5.41, 5.74) is 0.771. The first-order chi connectivity index (χ1) is 9.44. The summed E-state index contributed by atoms with van der Waals surface area (Å²) in [6.07, 6.45) is 2.62. The van der Waals surface area contributed by atoms with Crippen LogP contribution in [-0.4, -0.2) is 29.4 Å². The SMILES string of the molecule is CC1(C)CC(=O)c2sc(NC(=O)[C@H]3CCCO3)nc2C1. The predicted molar refractivity (Wildman–Crippen MR) is 76.2 cm³/mol. The molecule has 1 saturated heterocycles. The summed E-state index contributed by atoms with van der Waals surface area (Å²) in [7, 11) is 0. The number of carbonyl (C=O) groups is 2. The van der Waals surface area contributed by atoms with E-state index in [1.165, 1.54) is 11.3 Å². The smallest absolute Gasteiger partial charge is 0.255 e. The first-order valence-electron chi connectivity index (χ1n) is 6.90. The van der Waals surface area contributed by atoms with Crippen molar-refractivity contribution in [1.29, 1.82) is 0 Å². The van der Waals surface area contributed by atoms with Gasteiger partial charge in [0.1, 0.15) is 6.10 Å². The highest BCUT2D eigenvalue weighted by molar-refractivity contribution is 7.17. The fourth-order valence-electron chi connectivity index (χ4n) is 2.74. The molecule has 0 aromatic carbocycles. The molecule has 6 heteroatoms. The molecule has 1 aromatic rings. The number of carbonyl (C=O) groups excluding carboxylic acids is 2. The average Bonchev–Trinajstić information content (AvgIpc) is 2.95. The van der Waals surface area contributed by atoms with Gasteiger partial charge in [0.05, 0.1) is 10.6 Å². The number of Topliss-reactive ketones (excluding diaryl/α,β-unsaturated/α-hetero) is 1. The summed E-state index contributed by atoms with van der Waals surface area (Å²) in [4.78, 5) is 29.2. The monoisotopic (exact) mass is 294 g/mol. The van der Waals surface area contributed by atoms with E-state index >= 15 is 0 Å². The number of fused-ring (bicyclic) bond motifs is 1. The van der Waals surface area contributed by atoms with Crippen LogP contribution in [0.25, 0.3) is 0 Å². The largest absolute Gasteiger partial charge is 0.368 e. The van der Waals surface area contributed by atoms with Crippen LogP contribution in [0, 0.1) is 5.41 Å². The van der Waals surface area contributed by atoms with Gasteiger partial charge in [-0.2, -0.15) is 0 Å². The van der Waals surface area contributed by atoms with Crippen LogP contribution in [0.3, 0.4) is 0 Å². The van der Waals surface area contributed by atoms with Gasteiger partial charge in [-0.25, -0.2) is 4.98 Å². The molecule has 0 unspecified atom stereocenters. The van der Waals surface area contributed by atoms with Crippen molar-refractivity contribution in [3.8, 4) is 0 Å². The topological polar surface area (TPSA) is 68.3 Å². The molecule has 1 aliphatic carbocycles. The molecular weight excluding hydrogens is 276 g/mol. The lowest BCUT2D eigenvalue weighted by atomic mass is 9.78. The Morgan fingerprint density at radius 1 is 1.45 bits per heavy atom. The molecule has 0 bridgehead atoms. The van der Waals surface area contributed by atoms with E-state index in [2.05, 4.69) is 24.1 Å². The molecule has 1 aliphatic heterocycles. The third-order valence-electron chi connectivity index (χ3n) is 3.69. The van der Waals surface area contributed by atoms with Crippen molar-refractivity contribution in [3.05, 3.63) is 10.6 Å². The molecule has 0 spiro atoms. The fraction of sp³-hybridized carbons (Fsp3) is 0.643. The zero-order valence-corrected chi connectivity index (χ0v) is 12.5. The quantitative estimate of drug-likeness (QED) is 0.909. The number of aromatic nitrogens is 1. The van der Waals surface area contributed by atoms with Gasteiger partial charge in [0.25, 0.3) is 5.91 Å². The minimum Gasteiger partial charge on any atom is -0.368 e. The molecule has 2 aliphatic rings. The maximum Gasteiger partial charge on any atom is 0.255 e. The van der Waals surface area contributed by atoms with Crippen LogP contribution in [-0.2, 0) is 16.0 Å².